The molecule has 1 N–H and O–H groups in total. The highest BCUT2D eigenvalue weighted by atomic mass is 16.5. The molecular formula is C20H22N2O5. The van der Waals surface area contributed by atoms with Crippen LogP contribution in [0.3, 0.4) is 0 Å². The average molecular weight is 370 g/mol. The maximum atomic E-state index is 12.5. The first kappa shape index (κ1) is 18.7. The molecular weight excluding hydrogens is 348 g/mol. The minimum Gasteiger partial charge on any atom is -0.496 e. The number of nitrogens with zero attached hydrogens (tertiary/aromatic N) is 1. The number of benzene rings is 2. The number of methoxy groups -OCH3 is 3. The fourth-order valence-corrected chi connectivity index (χ4v) is 2.99. The summed E-state index contributed by atoms with van der Waals surface area (Å²) in [6.07, 6.45) is 1.62. The summed E-state index contributed by atoms with van der Waals surface area (Å²) >= 11 is 0. The molecule has 27 heavy (non-hydrogen) atoms. The number of carbonyl (C=O) groups excluding carboxylic acids is 1. The van der Waals surface area contributed by atoms with Gasteiger partial charge in [-0.2, -0.15) is 5.10 Å². The highest BCUT2D eigenvalue weighted by Gasteiger charge is 2.26. The predicted molar refractivity (Wildman–Crippen MR) is 101 cm³/mol. The van der Waals surface area contributed by atoms with Crippen LogP contribution in [0.1, 0.15) is 22.8 Å². The summed E-state index contributed by atoms with van der Waals surface area (Å²) in [5.74, 6) is 1.31. The summed E-state index contributed by atoms with van der Waals surface area (Å²) in [7, 11) is 4.64. The summed E-state index contributed by atoms with van der Waals surface area (Å²) in [4.78, 5) is 12.5. The van der Waals surface area contributed by atoms with E-state index in [0.29, 0.717) is 29.4 Å². The lowest BCUT2D eigenvalue weighted by atomic mass is 9.97. The molecule has 1 heterocycles. The second-order valence-corrected chi connectivity index (χ2v) is 5.88. The molecule has 0 aromatic heterocycles. The summed E-state index contributed by atoms with van der Waals surface area (Å²) in [6, 6.07) is 11.2. The maximum absolute atomic E-state index is 12.5. The van der Waals surface area contributed by atoms with E-state index in [9.17, 15) is 4.79 Å². The van der Waals surface area contributed by atoms with Crippen molar-refractivity contribution in [2.24, 2.45) is 5.10 Å². The number of hydrogen-bond acceptors (Lipinski definition) is 6. The molecule has 7 nitrogen and oxygen atoms in total. The summed E-state index contributed by atoms with van der Waals surface area (Å²) in [5.41, 5.74) is 5.17. The highest BCUT2D eigenvalue weighted by molar-refractivity contribution is 5.88. The fourth-order valence-electron chi connectivity index (χ4n) is 2.99. The Balaban J connectivity index is 1.75. The number of hydrogen-bond donors (Lipinski definition) is 1. The van der Waals surface area contributed by atoms with Crippen LogP contribution in [-0.2, 0) is 16.0 Å². The molecule has 0 bridgehead atoms. The van der Waals surface area contributed by atoms with Crippen molar-refractivity contribution in [2.75, 3.05) is 27.9 Å². The zero-order valence-corrected chi connectivity index (χ0v) is 15.5. The van der Waals surface area contributed by atoms with Crippen LogP contribution >= 0.6 is 0 Å². The van der Waals surface area contributed by atoms with Crippen molar-refractivity contribution in [3.05, 3.63) is 53.1 Å². The van der Waals surface area contributed by atoms with Gasteiger partial charge in [-0.1, -0.05) is 24.3 Å². The Morgan fingerprint density at radius 2 is 1.81 bits per heavy atom. The van der Waals surface area contributed by atoms with E-state index in [1.165, 1.54) is 6.21 Å². The van der Waals surface area contributed by atoms with Crippen molar-refractivity contribution in [2.45, 2.75) is 12.5 Å². The van der Waals surface area contributed by atoms with E-state index in [1.807, 2.05) is 24.3 Å². The van der Waals surface area contributed by atoms with Crippen molar-refractivity contribution >= 4 is 12.1 Å². The lowest BCUT2D eigenvalue weighted by molar-refractivity contribution is -0.134. The minimum atomic E-state index is -0.667. The number of rotatable bonds is 6. The molecule has 0 spiro atoms. The molecule has 0 fully saturated rings. The van der Waals surface area contributed by atoms with E-state index in [1.54, 1.807) is 33.5 Å². The normalized spacial score (nSPS) is 15.9. The third kappa shape index (κ3) is 4.03. The van der Waals surface area contributed by atoms with Crippen LogP contribution in [0.2, 0.25) is 0 Å². The molecule has 2 aromatic carbocycles. The van der Waals surface area contributed by atoms with E-state index < -0.39 is 6.10 Å². The van der Waals surface area contributed by atoms with Gasteiger partial charge in [0.05, 0.1) is 34.2 Å². The number of fused-ring (bicyclic) bond motifs is 1. The van der Waals surface area contributed by atoms with Gasteiger partial charge in [-0.05, 0) is 23.6 Å². The van der Waals surface area contributed by atoms with E-state index in [4.69, 9.17) is 18.9 Å². The third-order valence-electron chi connectivity index (χ3n) is 4.35. The first-order valence-corrected chi connectivity index (χ1v) is 8.50. The van der Waals surface area contributed by atoms with Gasteiger partial charge in [0.15, 0.2) is 17.6 Å². The van der Waals surface area contributed by atoms with Crippen LogP contribution in [-0.4, -0.2) is 40.1 Å². The second-order valence-electron chi connectivity index (χ2n) is 5.88. The number of ether oxygens (including phenoxy) is 4. The zero-order chi connectivity index (χ0) is 19.2. The molecule has 2 aromatic rings. The highest BCUT2D eigenvalue weighted by Crippen LogP contribution is 2.33. The molecule has 1 unspecified atom stereocenters. The van der Waals surface area contributed by atoms with Gasteiger partial charge in [0.25, 0.3) is 5.91 Å². The molecule has 1 aliphatic rings. The number of hydrazone groups is 1. The molecule has 0 radical (unpaired) electrons. The van der Waals surface area contributed by atoms with Gasteiger partial charge in [0.2, 0.25) is 0 Å². The second kappa shape index (κ2) is 8.55. The van der Waals surface area contributed by atoms with Gasteiger partial charge in [-0.3, -0.25) is 4.79 Å². The number of carbonyl (C=O) groups is 1. The Kier molecular flexibility index (Phi) is 5.93. The van der Waals surface area contributed by atoms with E-state index in [2.05, 4.69) is 10.5 Å². The van der Waals surface area contributed by atoms with Gasteiger partial charge in [0, 0.05) is 11.6 Å². The maximum Gasteiger partial charge on any atom is 0.273 e. The Morgan fingerprint density at radius 1 is 1.11 bits per heavy atom. The van der Waals surface area contributed by atoms with Gasteiger partial charge >= 0.3 is 0 Å². The topological polar surface area (TPSA) is 78.4 Å². The van der Waals surface area contributed by atoms with Crippen molar-refractivity contribution in [1.29, 1.82) is 0 Å². The zero-order valence-electron chi connectivity index (χ0n) is 15.5. The Morgan fingerprint density at radius 3 is 2.56 bits per heavy atom. The molecule has 142 valence electrons. The van der Waals surface area contributed by atoms with Crippen LogP contribution in [0.5, 0.6) is 17.2 Å². The molecule has 7 heteroatoms. The van der Waals surface area contributed by atoms with Crippen LogP contribution in [0.15, 0.2) is 41.5 Å². The molecule has 0 saturated heterocycles. The molecule has 3 rings (SSSR count). The molecule has 1 aliphatic heterocycles. The summed E-state index contributed by atoms with van der Waals surface area (Å²) < 4.78 is 21.5. The Bertz CT molecular complexity index is 850. The average Bonchev–Trinajstić information content (AvgIpc) is 2.72. The van der Waals surface area contributed by atoms with Gasteiger partial charge < -0.3 is 18.9 Å². The molecule has 0 aliphatic carbocycles. The minimum absolute atomic E-state index is 0.321. The lowest BCUT2D eigenvalue weighted by Gasteiger charge is -2.24. The monoisotopic (exact) mass is 370 g/mol. The van der Waals surface area contributed by atoms with Crippen LogP contribution < -0.4 is 19.6 Å². The fraction of sp³-hybridized carbons (Fsp3) is 0.300. The summed E-state index contributed by atoms with van der Waals surface area (Å²) in [5, 5.41) is 4.05. The van der Waals surface area contributed by atoms with E-state index >= 15 is 0 Å². The lowest BCUT2D eigenvalue weighted by Crippen LogP contribution is -2.31. The largest absolute Gasteiger partial charge is 0.496 e. The smallest absolute Gasteiger partial charge is 0.273 e. The van der Waals surface area contributed by atoms with E-state index in [0.717, 1.165) is 17.5 Å². The standard InChI is InChI=1S/C20H22N2O5/c1-24-16-11-18(26-3)17(25-2)10-14(16)12-21-22-20(23)19-15-7-5-4-6-13(15)8-9-27-19/h4-7,10-12,19H,8-9H2,1-3H3,(H,22,23)/b21-12-. The first-order valence-electron chi connectivity index (χ1n) is 8.50. The van der Waals surface area contributed by atoms with Crippen molar-refractivity contribution < 1.29 is 23.7 Å². The van der Waals surface area contributed by atoms with Crippen molar-refractivity contribution in [1.82, 2.24) is 5.43 Å². The SMILES string of the molecule is COc1cc(OC)c(OC)cc1/C=N\NC(=O)C1OCCc2ccccc21. The third-order valence-corrected chi connectivity index (χ3v) is 4.35. The van der Waals surface area contributed by atoms with E-state index in [-0.39, 0.29) is 5.91 Å². The summed E-state index contributed by atoms with van der Waals surface area (Å²) in [6.45, 7) is 0.502. The quantitative estimate of drug-likeness (QED) is 0.624. The molecule has 1 atom stereocenters. The van der Waals surface area contributed by atoms with Crippen molar-refractivity contribution in [3.63, 3.8) is 0 Å². The Hall–Kier alpha value is -3.06. The number of amides is 1. The van der Waals surface area contributed by atoms with Crippen LogP contribution in [0.4, 0.5) is 0 Å². The van der Waals surface area contributed by atoms with Gasteiger partial charge in [0.1, 0.15) is 5.75 Å². The van der Waals surface area contributed by atoms with Crippen molar-refractivity contribution in [3.8, 4) is 17.2 Å². The first-order chi connectivity index (χ1) is 13.2. The van der Waals surface area contributed by atoms with Crippen LogP contribution in [0.25, 0.3) is 0 Å². The predicted octanol–water partition coefficient (Wildman–Crippen LogP) is 2.48. The molecule has 0 saturated carbocycles. The van der Waals surface area contributed by atoms with Gasteiger partial charge in [-0.25, -0.2) is 5.43 Å². The van der Waals surface area contributed by atoms with Crippen LogP contribution in [0, 0.1) is 0 Å². The molecule has 1 amide bonds. The Labute approximate surface area is 157 Å². The number of nitrogens with one attached hydrogen (secondary N) is 1. The van der Waals surface area contributed by atoms with Gasteiger partial charge in [-0.15, -0.1) is 0 Å².